The highest BCUT2D eigenvalue weighted by Crippen LogP contribution is 2.39. The lowest BCUT2D eigenvalue weighted by molar-refractivity contribution is -0.153. The van der Waals surface area contributed by atoms with Crippen LogP contribution in [-0.2, 0) is 0 Å². The number of aromatic nitrogens is 2. The fourth-order valence-electron chi connectivity index (χ4n) is 2.05. The summed E-state index contributed by atoms with van der Waals surface area (Å²) in [7, 11) is 0. The van der Waals surface area contributed by atoms with Crippen LogP contribution in [0.15, 0.2) is 30.3 Å². The van der Waals surface area contributed by atoms with Crippen molar-refractivity contribution in [2.24, 2.45) is 0 Å². The molecule has 3 rings (SSSR count). The minimum absolute atomic E-state index is 0.0797. The maximum Gasteiger partial charge on any atom is 0.422 e. The highest BCUT2D eigenvalue weighted by atomic mass is 19.4. The molecular formula is C15H14F3N3O2. The Bertz CT molecular complexity index is 691. The summed E-state index contributed by atoms with van der Waals surface area (Å²) in [5, 5.41) is 9.43. The van der Waals surface area contributed by atoms with Crippen LogP contribution in [0.1, 0.15) is 34.9 Å². The summed E-state index contributed by atoms with van der Waals surface area (Å²) >= 11 is 0. The standard InChI is InChI=1S/C15H14F3N3O2/c16-15(17,18)8-23-11-5-3-10(4-6-11)19-14(22)13-7-12(20-21-13)9-1-2-9/h3-7,9H,1-2,8H2,(H,19,22)(H,20,21). The number of H-pyrrole nitrogens is 1. The van der Waals surface area contributed by atoms with Crippen molar-refractivity contribution in [1.29, 1.82) is 0 Å². The van der Waals surface area contributed by atoms with Gasteiger partial charge in [-0.05, 0) is 43.2 Å². The van der Waals surface area contributed by atoms with Crippen LogP contribution in [0.5, 0.6) is 5.75 Å². The van der Waals surface area contributed by atoms with Crippen molar-refractivity contribution in [2.75, 3.05) is 11.9 Å². The summed E-state index contributed by atoms with van der Waals surface area (Å²) in [5.41, 5.74) is 1.68. The van der Waals surface area contributed by atoms with Crippen molar-refractivity contribution in [3.63, 3.8) is 0 Å². The van der Waals surface area contributed by atoms with Gasteiger partial charge in [0.1, 0.15) is 5.75 Å². The van der Waals surface area contributed by atoms with Gasteiger partial charge in [0.15, 0.2) is 12.3 Å². The third-order valence-corrected chi connectivity index (χ3v) is 3.36. The SMILES string of the molecule is O=C(Nc1ccc(OCC(F)(F)F)cc1)c1cc(C2CC2)[nH]n1. The van der Waals surface area contributed by atoms with Gasteiger partial charge in [-0.3, -0.25) is 9.89 Å². The van der Waals surface area contributed by atoms with Crippen molar-refractivity contribution < 1.29 is 22.7 Å². The zero-order valence-corrected chi connectivity index (χ0v) is 12.0. The molecule has 1 aromatic heterocycles. The van der Waals surface area contributed by atoms with Crippen molar-refractivity contribution in [2.45, 2.75) is 24.9 Å². The zero-order chi connectivity index (χ0) is 16.4. The van der Waals surface area contributed by atoms with Crippen LogP contribution in [0.4, 0.5) is 18.9 Å². The summed E-state index contributed by atoms with van der Waals surface area (Å²) in [6.07, 6.45) is -2.18. The molecule has 0 atom stereocenters. The third kappa shape index (κ3) is 4.24. The van der Waals surface area contributed by atoms with Gasteiger partial charge in [0, 0.05) is 17.3 Å². The predicted octanol–water partition coefficient (Wildman–Crippen LogP) is 3.48. The maximum absolute atomic E-state index is 12.1. The largest absolute Gasteiger partial charge is 0.484 e. The monoisotopic (exact) mass is 325 g/mol. The van der Waals surface area contributed by atoms with Gasteiger partial charge in [-0.25, -0.2) is 0 Å². The molecule has 0 saturated heterocycles. The summed E-state index contributed by atoms with van der Waals surface area (Å²) in [6, 6.07) is 7.38. The fourth-order valence-corrected chi connectivity index (χ4v) is 2.05. The lowest BCUT2D eigenvalue weighted by Crippen LogP contribution is -2.19. The Morgan fingerprint density at radius 3 is 2.61 bits per heavy atom. The number of anilines is 1. The number of carbonyl (C=O) groups is 1. The zero-order valence-electron chi connectivity index (χ0n) is 12.0. The molecule has 2 aromatic rings. The van der Waals surface area contributed by atoms with E-state index in [9.17, 15) is 18.0 Å². The van der Waals surface area contributed by atoms with E-state index in [4.69, 9.17) is 0 Å². The van der Waals surface area contributed by atoms with E-state index in [2.05, 4.69) is 20.3 Å². The van der Waals surface area contributed by atoms with Crippen LogP contribution < -0.4 is 10.1 Å². The highest BCUT2D eigenvalue weighted by molar-refractivity contribution is 6.02. The molecule has 0 radical (unpaired) electrons. The highest BCUT2D eigenvalue weighted by Gasteiger charge is 2.28. The number of carbonyl (C=O) groups excluding carboxylic acids is 1. The Balaban J connectivity index is 1.57. The molecule has 1 aromatic carbocycles. The van der Waals surface area contributed by atoms with Gasteiger partial charge < -0.3 is 10.1 Å². The second-order valence-electron chi connectivity index (χ2n) is 5.37. The van der Waals surface area contributed by atoms with E-state index in [0.717, 1.165) is 18.5 Å². The average molecular weight is 325 g/mol. The quantitative estimate of drug-likeness (QED) is 0.884. The van der Waals surface area contributed by atoms with E-state index in [-0.39, 0.29) is 17.4 Å². The number of hydrogen-bond donors (Lipinski definition) is 2. The van der Waals surface area contributed by atoms with E-state index >= 15 is 0 Å². The van der Waals surface area contributed by atoms with Crippen molar-refractivity contribution in [3.05, 3.63) is 41.7 Å². The topological polar surface area (TPSA) is 67.0 Å². The smallest absolute Gasteiger partial charge is 0.422 e. The summed E-state index contributed by atoms with van der Waals surface area (Å²) in [5.74, 6) is 0.169. The molecule has 8 heteroatoms. The van der Waals surface area contributed by atoms with Crippen LogP contribution in [0.25, 0.3) is 0 Å². The minimum Gasteiger partial charge on any atom is -0.484 e. The number of amides is 1. The molecule has 1 heterocycles. The number of nitrogens with zero attached hydrogens (tertiary/aromatic N) is 1. The molecule has 0 bridgehead atoms. The molecule has 1 aliphatic carbocycles. The fraction of sp³-hybridized carbons (Fsp3) is 0.333. The number of nitrogens with one attached hydrogen (secondary N) is 2. The molecule has 1 fully saturated rings. The summed E-state index contributed by atoms with van der Waals surface area (Å²) < 4.78 is 40.8. The molecule has 1 aliphatic rings. The Morgan fingerprint density at radius 1 is 1.30 bits per heavy atom. The van der Waals surface area contributed by atoms with Crippen LogP contribution in [0.2, 0.25) is 0 Å². The maximum atomic E-state index is 12.1. The minimum atomic E-state index is -4.38. The summed E-state index contributed by atoms with van der Waals surface area (Å²) in [6.45, 7) is -1.35. The predicted molar refractivity (Wildman–Crippen MR) is 76.5 cm³/mol. The van der Waals surface area contributed by atoms with E-state index in [1.807, 2.05) is 0 Å². The Kier molecular flexibility index (Phi) is 3.97. The second kappa shape index (κ2) is 5.94. The first-order valence-electron chi connectivity index (χ1n) is 7.07. The van der Waals surface area contributed by atoms with Crippen molar-refractivity contribution in [3.8, 4) is 5.75 Å². The molecule has 0 spiro atoms. The Morgan fingerprint density at radius 2 is 2.00 bits per heavy atom. The number of rotatable bonds is 5. The molecule has 0 aliphatic heterocycles. The number of halogens is 3. The van der Waals surface area contributed by atoms with Crippen LogP contribution in [0, 0.1) is 0 Å². The first kappa shape index (κ1) is 15.4. The van der Waals surface area contributed by atoms with Gasteiger partial charge in [0.05, 0.1) is 0 Å². The van der Waals surface area contributed by atoms with E-state index in [1.165, 1.54) is 24.3 Å². The lowest BCUT2D eigenvalue weighted by atomic mass is 10.2. The molecule has 23 heavy (non-hydrogen) atoms. The average Bonchev–Trinajstić information content (AvgIpc) is 3.23. The van der Waals surface area contributed by atoms with Gasteiger partial charge in [0.25, 0.3) is 5.91 Å². The van der Waals surface area contributed by atoms with Crippen LogP contribution in [0.3, 0.4) is 0 Å². The number of alkyl halides is 3. The number of ether oxygens (including phenoxy) is 1. The Hall–Kier alpha value is -2.51. The van der Waals surface area contributed by atoms with Gasteiger partial charge in [-0.15, -0.1) is 0 Å². The molecule has 122 valence electrons. The first-order chi connectivity index (χ1) is 10.9. The van der Waals surface area contributed by atoms with Crippen LogP contribution >= 0.6 is 0 Å². The van der Waals surface area contributed by atoms with E-state index < -0.39 is 12.8 Å². The molecule has 2 N–H and O–H groups in total. The number of benzene rings is 1. The molecule has 5 nitrogen and oxygen atoms in total. The first-order valence-corrected chi connectivity index (χ1v) is 7.07. The van der Waals surface area contributed by atoms with Crippen molar-refractivity contribution in [1.82, 2.24) is 10.2 Å². The molecule has 0 unspecified atom stereocenters. The van der Waals surface area contributed by atoms with Gasteiger partial charge in [0.2, 0.25) is 0 Å². The van der Waals surface area contributed by atoms with Crippen molar-refractivity contribution >= 4 is 11.6 Å². The van der Waals surface area contributed by atoms with Crippen LogP contribution in [-0.4, -0.2) is 28.9 Å². The second-order valence-corrected chi connectivity index (χ2v) is 5.37. The van der Waals surface area contributed by atoms with Gasteiger partial charge in [-0.2, -0.15) is 18.3 Å². The van der Waals surface area contributed by atoms with Gasteiger partial charge in [-0.1, -0.05) is 0 Å². The molecule has 1 saturated carbocycles. The Labute approximate surface area is 129 Å². The lowest BCUT2D eigenvalue weighted by Gasteiger charge is -2.09. The summed E-state index contributed by atoms with van der Waals surface area (Å²) in [4.78, 5) is 12.0. The normalized spacial score (nSPS) is 14.6. The molecule has 1 amide bonds. The van der Waals surface area contributed by atoms with Gasteiger partial charge >= 0.3 is 6.18 Å². The third-order valence-electron chi connectivity index (χ3n) is 3.36. The van der Waals surface area contributed by atoms with E-state index in [0.29, 0.717) is 11.6 Å². The molecular weight excluding hydrogens is 311 g/mol. The number of aromatic amines is 1. The number of hydrogen-bond acceptors (Lipinski definition) is 3. The van der Waals surface area contributed by atoms with E-state index in [1.54, 1.807) is 6.07 Å².